The maximum absolute atomic E-state index is 13.3. The molecule has 0 saturated carbocycles. The summed E-state index contributed by atoms with van der Waals surface area (Å²) in [5.74, 6) is 0.364. The first-order valence-corrected chi connectivity index (χ1v) is 11.0. The predicted molar refractivity (Wildman–Crippen MR) is 130 cm³/mol. The van der Waals surface area contributed by atoms with Gasteiger partial charge in [0.05, 0.1) is 38.6 Å². The van der Waals surface area contributed by atoms with E-state index in [2.05, 4.69) is 10.6 Å². The van der Waals surface area contributed by atoms with Crippen molar-refractivity contribution in [1.29, 1.82) is 0 Å². The van der Waals surface area contributed by atoms with Gasteiger partial charge in [-0.1, -0.05) is 24.3 Å². The Morgan fingerprint density at radius 1 is 0.944 bits per heavy atom. The van der Waals surface area contributed by atoms with Gasteiger partial charge in [-0.3, -0.25) is 0 Å². The highest BCUT2D eigenvalue weighted by Gasteiger charge is 2.36. The van der Waals surface area contributed by atoms with Gasteiger partial charge in [-0.05, 0) is 53.6 Å². The number of hydrogen-bond acceptors (Lipinski definition) is 6. The molecule has 8 nitrogen and oxygen atoms in total. The molecule has 3 aromatic rings. The standard InChI is InChI=1S/C27H25FN2O6/c1-33-19-13-9-17(10-14-19)23-22(26(31)35-3)24(30-27(32)29-23)20-5-4-6-21(34-2)25(20)36-15-16-7-11-18(28)12-8-16/h4-14,24H,15H2,1-3H3,(H2,29,30,32). The van der Waals surface area contributed by atoms with Crippen LogP contribution < -0.4 is 24.8 Å². The van der Waals surface area contributed by atoms with Gasteiger partial charge in [-0.25, -0.2) is 14.0 Å². The maximum atomic E-state index is 13.3. The Labute approximate surface area is 207 Å². The number of halogens is 1. The van der Waals surface area contributed by atoms with Gasteiger partial charge in [0.1, 0.15) is 18.2 Å². The minimum atomic E-state index is -0.915. The number of benzene rings is 3. The molecule has 36 heavy (non-hydrogen) atoms. The molecule has 4 rings (SSSR count). The number of carbonyl (C=O) groups excluding carboxylic acids is 2. The Bertz CT molecular complexity index is 1290. The lowest BCUT2D eigenvalue weighted by Crippen LogP contribution is -2.45. The van der Waals surface area contributed by atoms with Gasteiger partial charge >= 0.3 is 12.0 Å². The van der Waals surface area contributed by atoms with Crippen molar-refractivity contribution in [1.82, 2.24) is 10.6 Å². The second kappa shape index (κ2) is 10.8. The zero-order chi connectivity index (χ0) is 25.7. The van der Waals surface area contributed by atoms with Crippen LogP contribution in [0.25, 0.3) is 5.70 Å². The van der Waals surface area contributed by atoms with Crippen LogP contribution in [0, 0.1) is 5.82 Å². The quantitative estimate of drug-likeness (QED) is 0.454. The number of para-hydroxylation sites is 1. The summed E-state index contributed by atoms with van der Waals surface area (Å²) in [6, 6.07) is 16.6. The second-order valence-electron chi connectivity index (χ2n) is 7.83. The highest BCUT2D eigenvalue weighted by atomic mass is 19.1. The van der Waals surface area contributed by atoms with Gasteiger partial charge in [0.2, 0.25) is 0 Å². The average molecular weight is 493 g/mol. The van der Waals surface area contributed by atoms with Crippen molar-refractivity contribution in [2.45, 2.75) is 12.6 Å². The fourth-order valence-electron chi connectivity index (χ4n) is 3.92. The summed E-state index contributed by atoms with van der Waals surface area (Å²) < 4.78 is 35.2. The Hall–Kier alpha value is -4.53. The first-order valence-electron chi connectivity index (χ1n) is 11.0. The highest BCUT2D eigenvalue weighted by Crippen LogP contribution is 2.41. The van der Waals surface area contributed by atoms with Crippen LogP contribution in [0.1, 0.15) is 22.7 Å². The molecule has 1 aliphatic heterocycles. The van der Waals surface area contributed by atoms with Crippen LogP contribution in [-0.2, 0) is 16.1 Å². The van der Waals surface area contributed by atoms with Crippen molar-refractivity contribution in [2.24, 2.45) is 0 Å². The van der Waals surface area contributed by atoms with E-state index in [-0.39, 0.29) is 18.0 Å². The molecule has 1 aliphatic rings. The van der Waals surface area contributed by atoms with E-state index in [9.17, 15) is 14.0 Å². The first-order chi connectivity index (χ1) is 17.4. The first kappa shape index (κ1) is 24.6. The van der Waals surface area contributed by atoms with E-state index >= 15 is 0 Å². The van der Waals surface area contributed by atoms with E-state index in [0.717, 1.165) is 5.56 Å². The monoisotopic (exact) mass is 492 g/mol. The Morgan fingerprint density at radius 3 is 2.31 bits per heavy atom. The molecule has 0 radical (unpaired) electrons. The summed E-state index contributed by atoms with van der Waals surface area (Å²) in [4.78, 5) is 25.8. The lowest BCUT2D eigenvalue weighted by molar-refractivity contribution is -0.136. The van der Waals surface area contributed by atoms with Gasteiger partial charge < -0.3 is 29.6 Å². The van der Waals surface area contributed by atoms with E-state index in [4.69, 9.17) is 18.9 Å². The summed E-state index contributed by atoms with van der Waals surface area (Å²) in [6.07, 6.45) is 0. The van der Waals surface area contributed by atoms with E-state index in [1.54, 1.807) is 61.7 Å². The van der Waals surface area contributed by atoms with Crippen LogP contribution in [0.4, 0.5) is 9.18 Å². The molecular formula is C27H25FN2O6. The molecule has 2 N–H and O–H groups in total. The molecule has 2 amide bonds. The number of carbonyl (C=O) groups is 2. The van der Waals surface area contributed by atoms with E-state index in [1.807, 2.05) is 0 Å². The summed E-state index contributed by atoms with van der Waals surface area (Å²) in [5.41, 5.74) is 2.28. The van der Waals surface area contributed by atoms with Gasteiger partial charge in [-0.15, -0.1) is 0 Å². The maximum Gasteiger partial charge on any atom is 0.338 e. The number of urea groups is 1. The average Bonchev–Trinajstić information content (AvgIpc) is 2.91. The van der Waals surface area contributed by atoms with Crippen molar-refractivity contribution in [2.75, 3.05) is 21.3 Å². The fraction of sp³-hybridized carbons (Fsp3) is 0.185. The Balaban J connectivity index is 1.81. The SMILES string of the molecule is COC(=O)C1=C(c2ccc(OC)cc2)NC(=O)NC1c1cccc(OC)c1OCc1ccc(F)cc1. The van der Waals surface area contributed by atoms with Crippen LogP contribution in [0.5, 0.6) is 17.2 Å². The van der Waals surface area contributed by atoms with Crippen LogP contribution in [-0.4, -0.2) is 33.3 Å². The van der Waals surface area contributed by atoms with Crippen LogP contribution in [0.3, 0.4) is 0 Å². The molecule has 0 saturated heterocycles. The zero-order valence-electron chi connectivity index (χ0n) is 20.0. The summed E-state index contributed by atoms with van der Waals surface area (Å²) in [5, 5.41) is 5.53. The third-order valence-electron chi connectivity index (χ3n) is 5.69. The molecule has 0 fully saturated rings. The smallest absolute Gasteiger partial charge is 0.338 e. The molecule has 1 heterocycles. The summed E-state index contributed by atoms with van der Waals surface area (Å²) in [6.45, 7) is 0.106. The molecule has 186 valence electrons. The largest absolute Gasteiger partial charge is 0.497 e. The van der Waals surface area contributed by atoms with Crippen molar-refractivity contribution in [3.8, 4) is 17.2 Å². The number of amides is 2. The van der Waals surface area contributed by atoms with Gasteiger partial charge in [0.25, 0.3) is 0 Å². The number of nitrogens with one attached hydrogen (secondary N) is 2. The predicted octanol–water partition coefficient (Wildman–Crippen LogP) is 4.36. The lowest BCUT2D eigenvalue weighted by Gasteiger charge is -2.30. The molecule has 1 atom stereocenters. The molecule has 0 aliphatic carbocycles. The van der Waals surface area contributed by atoms with Gasteiger partial charge in [-0.2, -0.15) is 0 Å². The summed E-state index contributed by atoms with van der Waals surface area (Å²) in [7, 11) is 4.31. The van der Waals surface area contributed by atoms with Gasteiger partial charge in [0.15, 0.2) is 11.5 Å². The summed E-state index contributed by atoms with van der Waals surface area (Å²) >= 11 is 0. The number of methoxy groups -OCH3 is 3. The number of esters is 1. The second-order valence-corrected chi connectivity index (χ2v) is 7.83. The van der Waals surface area contributed by atoms with Crippen molar-refractivity contribution in [3.63, 3.8) is 0 Å². The molecule has 0 aromatic heterocycles. The normalized spacial score (nSPS) is 15.0. The topological polar surface area (TPSA) is 95.1 Å². The fourth-order valence-corrected chi connectivity index (χ4v) is 3.92. The molecule has 9 heteroatoms. The third-order valence-corrected chi connectivity index (χ3v) is 5.69. The van der Waals surface area contributed by atoms with Crippen LogP contribution in [0.15, 0.2) is 72.3 Å². The molecule has 3 aromatic carbocycles. The van der Waals surface area contributed by atoms with E-state index in [0.29, 0.717) is 34.1 Å². The minimum absolute atomic E-state index is 0.106. The van der Waals surface area contributed by atoms with Crippen molar-refractivity contribution < 1.29 is 32.9 Å². The lowest BCUT2D eigenvalue weighted by atomic mass is 9.92. The molecular weight excluding hydrogens is 467 g/mol. The van der Waals surface area contributed by atoms with E-state index < -0.39 is 18.0 Å². The molecule has 0 bridgehead atoms. The van der Waals surface area contributed by atoms with Crippen LogP contribution >= 0.6 is 0 Å². The van der Waals surface area contributed by atoms with Gasteiger partial charge in [0, 0.05) is 5.56 Å². The number of hydrogen-bond donors (Lipinski definition) is 2. The zero-order valence-corrected chi connectivity index (χ0v) is 20.0. The third kappa shape index (κ3) is 5.10. The van der Waals surface area contributed by atoms with Crippen molar-refractivity contribution in [3.05, 3.63) is 94.8 Å². The van der Waals surface area contributed by atoms with E-state index in [1.165, 1.54) is 26.4 Å². The number of rotatable bonds is 8. The van der Waals surface area contributed by atoms with Crippen molar-refractivity contribution >= 4 is 17.7 Å². The minimum Gasteiger partial charge on any atom is -0.497 e. The molecule has 1 unspecified atom stereocenters. The molecule has 0 spiro atoms. The Kier molecular flexibility index (Phi) is 7.39. The number of ether oxygens (including phenoxy) is 4. The Morgan fingerprint density at radius 2 is 1.67 bits per heavy atom. The van der Waals surface area contributed by atoms with Crippen LogP contribution in [0.2, 0.25) is 0 Å². The highest BCUT2D eigenvalue weighted by molar-refractivity contribution is 6.04.